The maximum Gasteiger partial charge on any atom is 1.00 e. The highest BCUT2D eigenvalue weighted by molar-refractivity contribution is 4.64. The van der Waals surface area contributed by atoms with Gasteiger partial charge in [0.05, 0.1) is 6.33 Å². The molecule has 2 radical (unpaired) electrons. The molecule has 2 nitrogen and oxygen atoms in total. The quantitative estimate of drug-likeness (QED) is 0.506. The maximum atomic E-state index is 3.67. The van der Waals surface area contributed by atoms with Crippen molar-refractivity contribution in [1.29, 1.82) is 0 Å². The van der Waals surface area contributed by atoms with E-state index in [0.29, 0.717) is 0 Å². The average molecular weight is 104 g/mol. The van der Waals surface area contributed by atoms with Gasteiger partial charge in [-0.15, -0.1) is 0 Å². The summed E-state index contributed by atoms with van der Waals surface area (Å²) in [6.07, 6.45) is 5.08. The summed E-state index contributed by atoms with van der Waals surface area (Å²) in [5.74, 6) is 0. The molecule has 0 saturated heterocycles. The fourth-order valence-electron chi connectivity index (χ4n) is 0.215. The lowest BCUT2D eigenvalue weighted by molar-refractivity contribution is -0.00000116. The van der Waals surface area contributed by atoms with Crippen LogP contribution in [0, 0.1) is 12.4 Å². The monoisotopic (exact) mass is 103 g/mol. The number of aromatic amines is 1. The van der Waals surface area contributed by atoms with Crippen molar-refractivity contribution < 1.29 is 12.4 Å². The van der Waals surface area contributed by atoms with Gasteiger partial charge in [-0.05, 0) is 0 Å². The molecule has 0 aliphatic heterocycles. The summed E-state index contributed by atoms with van der Waals surface area (Å²) in [6, 6.07) is 0. The van der Waals surface area contributed by atoms with Crippen LogP contribution in [0.3, 0.4) is 0 Å². The van der Waals surface area contributed by atoms with Crippen molar-refractivity contribution in [3.05, 3.63) is 18.7 Å². The first-order valence-electron chi connectivity index (χ1n) is 1.43. The Morgan fingerprint density at radius 2 is 2.33 bits per heavy atom. The van der Waals surface area contributed by atoms with Gasteiger partial charge >= 0.3 is 12.4 Å². The molecule has 0 bridgehead atoms. The number of hydrogen-bond acceptors (Lipinski definition) is 1. The van der Waals surface area contributed by atoms with Crippen LogP contribution in [-0.4, -0.2) is 9.97 Å². The zero-order valence-corrected chi connectivity index (χ0v) is 3.81. The van der Waals surface area contributed by atoms with Crippen LogP contribution in [0.1, 0.15) is 0 Å². The van der Waals surface area contributed by atoms with Crippen LogP contribution in [0.2, 0.25) is 0 Å². The number of nitrogens with one attached hydrogen (secondary N) is 1. The molecule has 0 saturated carbocycles. The van der Waals surface area contributed by atoms with Crippen LogP contribution in [0.5, 0.6) is 0 Å². The zero-order valence-electron chi connectivity index (χ0n) is 3.06. The number of halogens is 1. The lowest BCUT2D eigenvalue weighted by atomic mass is 11.0. The van der Waals surface area contributed by atoms with Gasteiger partial charge in [0.15, 0.2) is 0 Å². The van der Waals surface area contributed by atoms with Crippen LogP contribution >= 0.6 is 0 Å². The number of imidazole rings is 1. The molecule has 0 spiro atoms. The van der Waals surface area contributed by atoms with E-state index in [2.05, 4.69) is 9.97 Å². The molecular weight excluding hydrogens is 99.5 g/mol. The standard InChI is InChI=1S/C3H4N2.Cl/c1-2-5-3-4-1;/h1-3H,(H,4,5);/q;+1. The molecule has 0 aliphatic carbocycles. The number of rotatable bonds is 0. The molecule has 1 heterocycles. The van der Waals surface area contributed by atoms with E-state index in [0.717, 1.165) is 0 Å². The second-order valence-corrected chi connectivity index (χ2v) is 0.761. The molecule has 1 aromatic heterocycles. The minimum Gasteiger partial charge on any atom is -0.351 e. The van der Waals surface area contributed by atoms with Gasteiger partial charge in [-0.1, -0.05) is 0 Å². The molecule has 3 heteroatoms. The van der Waals surface area contributed by atoms with Gasteiger partial charge in [0, 0.05) is 12.4 Å². The normalized spacial score (nSPS) is 6.67. The molecule has 0 amide bonds. The van der Waals surface area contributed by atoms with Gasteiger partial charge in [0.25, 0.3) is 0 Å². The Kier molecular flexibility index (Phi) is 2.50. The van der Waals surface area contributed by atoms with Gasteiger partial charge in [-0.25, -0.2) is 4.98 Å². The van der Waals surface area contributed by atoms with E-state index in [-0.39, 0.29) is 12.4 Å². The van der Waals surface area contributed by atoms with E-state index >= 15 is 0 Å². The molecule has 1 rings (SSSR count). The molecule has 1 N–H and O–H groups in total. The van der Waals surface area contributed by atoms with Gasteiger partial charge < -0.3 is 4.98 Å². The molecule has 6 heavy (non-hydrogen) atoms. The lowest BCUT2D eigenvalue weighted by Crippen LogP contribution is -1.44. The zero-order chi connectivity index (χ0) is 3.54. The highest BCUT2D eigenvalue weighted by atomic mass is 35.5. The topological polar surface area (TPSA) is 28.7 Å². The first-order valence-corrected chi connectivity index (χ1v) is 1.43. The molecular formula is C3H4ClN2+. The van der Waals surface area contributed by atoms with Gasteiger partial charge in [-0.2, -0.15) is 0 Å². The molecule has 0 fully saturated rings. The van der Waals surface area contributed by atoms with E-state index in [1.54, 1.807) is 18.7 Å². The van der Waals surface area contributed by atoms with E-state index in [1.165, 1.54) is 0 Å². The van der Waals surface area contributed by atoms with Crippen LogP contribution in [0.25, 0.3) is 0 Å². The van der Waals surface area contributed by atoms with Gasteiger partial charge in [-0.3, -0.25) is 0 Å². The third kappa shape index (κ3) is 1.08. The van der Waals surface area contributed by atoms with Crippen molar-refractivity contribution in [2.24, 2.45) is 0 Å². The molecule has 32 valence electrons. The first kappa shape index (κ1) is 5.50. The highest BCUT2D eigenvalue weighted by Gasteiger charge is 1.56. The Balaban J connectivity index is 0.000000250. The number of nitrogens with zero attached hydrogens (tertiary/aromatic N) is 1. The van der Waals surface area contributed by atoms with E-state index in [1.807, 2.05) is 0 Å². The minimum absolute atomic E-state index is 0. The number of hydrogen-bond donors (Lipinski definition) is 1. The second kappa shape index (κ2) is 2.72. The van der Waals surface area contributed by atoms with Crippen molar-refractivity contribution in [1.82, 2.24) is 9.97 Å². The van der Waals surface area contributed by atoms with Crippen molar-refractivity contribution in [2.45, 2.75) is 0 Å². The van der Waals surface area contributed by atoms with E-state index in [9.17, 15) is 0 Å². The fraction of sp³-hybridized carbons (Fsp3) is 0. The maximum absolute atomic E-state index is 3.67. The highest BCUT2D eigenvalue weighted by Crippen LogP contribution is 1.62. The average Bonchev–Trinajstić information content (AvgIpc) is 1.76. The van der Waals surface area contributed by atoms with Crippen molar-refractivity contribution in [3.8, 4) is 0 Å². The Morgan fingerprint density at radius 1 is 1.50 bits per heavy atom. The molecule has 0 aliphatic rings. The summed E-state index contributed by atoms with van der Waals surface area (Å²) in [5.41, 5.74) is 0. The Bertz CT molecular complexity index is 65.3. The summed E-state index contributed by atoms with van der Waals surface area (Å²) >= 11 is 0. The lowest BCUT2D eigenvalue weighted by Gasteiger charge is -1.46. The van der Waals surface area contributed by atoms with E-state index in [4.69, 9.17) is 0 Å². The van der Waals surface area contributed by atoms with Crippen molar-refractivity contribution >= 4 is 0 Å². The summed E-state index contributed by atoms with van der Waals surface area (Å²) in [5, 5.41) is 0. The van der Waals surface area contributed by atoms with Crippen molar-refractivity contribution in [2.75, 3.05) is 0 Å². The van der Waals surface area contributed by atoms with Crippen LogP contribution in [0.15, 0.2) is 18.7 Å². The Morgan fingerprint density at radius 3 is 2.50 bits per heavy atom. The predicted octanol–water partition coefficient (Wildman–Crippen LogP) is 0.410. The summed E-state index contributed by atoms with van der Waals surface area (Å²) in [6.45, 7) is 0. The number of H-pyrrole nitrogens is 1. The SMILES string of the molecule is [Cl+].c1c[nH]cn1. The first-order chi connectivity index (χ1) is 2.50. The molecule has 0 atom stereocenters. The third-order valence-electron chi connectivity index (χ3n) is 0.406. The smallest absolute Gasteiger partial charge is 0.351 e. The minimum atomic E-state index is 0. The van der Waals surface area contributed by atoms with E-state index < -0.39 is 0 Å². The van der Waals surface area contributed by atoms with Crippen LogP contribution in [0.4, 0.5) is 0 Å². The third-order valence-corrected chi connectivity index (χ3v) is 0.406. The summed E-state index contributed by atoms with van der Waals surface area (Å²) in [4.78, 5) is 6.42. The molecule has 0 unspecified atom stereocenters. The fourth-order valence-corrected chi connectivity index (χ4v) is 0.215. The Labute approximate surface area is 42.0 Å². The van der Waals surface area contributed by atoms with Gasteiger partial charge in [0.2, 0.25) is 0 Å². The predicted molar refractivity (Wildman–Crippen MR) is 18.6 cm³/mol. The number of aromatic nitrogens is 2. The second-order valence-electron chi connectivity index (χ2n) is 0.761. The van der Waals surface area contributed by atoms with Crippen LogP contribution in [-0.2, 0) is 0 Å². The largest absolute Gasteiger partial charge is 1.00 e. The van der Waals surface area contributed by atoms with Gasteiger partial charge in [0.1, 0.15) is 0 Å². The summed E-state index contributed by atoms with van der Waals surface area (Å²) < 4.78 is 0. The Hall–Kier alpha value is -0.500. The summed E-state index contributed by atoms with van der Waals surface area (Å²) in [7, 11) is 0. The van der Waals surface area contributed by atoms with Crippen molar-refractivity contribution in [3.63, 3.8) is 0 Å². The molecule has 0 aromatic carbocycles. The van der Waals surface area contributed by atoms with Crippen LogP contribution < -0.4 is 0 Å². The molecule has 1 aromatic rings.